The van der Waals surface area contributed by atoms with Crippen LogP contribution in [0.3, 0.4) is 0 Å². The number of carbonyl (C=O) groups excluding carboxylic acids is 1. The topological polar surface area (TPSA) is 163 Å². The van der Waals surface area contributed by atoms with Crippen molar-refractivity contribution < 1.29 is 17.9 Å². The Morgan fingerprint density at radius 1 is 1.08 bits per heavy atom. The highest BCUT2D eigenvalue weighted by atomic mass is 32.2. The van der Waals surface area contributed by atoms with E-state index in [1.54, 1.807) is 12.3 Å². The minimum atomic E-state index is -3.90. The number of anilines is 2. The van der Waals surface area contributed by atoms with E-state index in [1.807, 2.05) is 0 Å². The largest absolute Gasteiger partial charge is 0.379 e. The zero-order chi connectivity index (χ0) is 26.3. The number of rotatable bonds is 8. The summed E-state index contributed by atoms with van der Waals surface area (Å²) in [4.78, 5) is 38.3. The first-order valence-corrected chi connectivity index (χ1v) is 13.6. The molecule has 1 aromatic carbocycles. The van der Waals surface area contributed by atoms with E-state index in [0.717, 1.165) is 23.3 Å². The molecule has 1 unspecified atom stereocenters. The van der Waals surface area contributed by atoms with E-state index in [2.05, 4.69) is 30.7 Å². The van der Waals surface area contributed by atoms with Crippen LogP contribution < -0.4 is 16.2 Å². The summed E-state index contributed by atoms with van der Waals surface area (Å²) in [5.74, 6) is 0.635. The standard InChI is InChI=1S/C24H24N8O5S/c33-20(12-31-21(34)8-3-16-11-25-24(29-23(16)31)28-18-9-10-37-13-18)27-17-4-6-19(7-5-17)38(35,36)32-14-26-22(30-32)15-1-2-15/h3-8,11,14-15,18H,1-2,9-10,12-13H2,(H,27,33)(H,25,28,29). The number of hydrogen-bond acceptors (Lipinski definition) is 10. The maximum absolute atomic E-state index is 12.9. The van der Waals surface area contributed by atoms with Crippen molar-refractivity contribution in [3.8, 4) is 0 Å². The predicted octanol–water partition coefficient (Wildman–Crippen LogP) is 1.34. The number of fused-ring (bicyclic) bond motifs is 1. The predicted molar refractivity (Wildman–Crippen MR) is 136 cm³/mol. The number of hydrogen-bond donors (Lipinski definition) is 2. The first kappa shape index (κ1) is 24.2. The summed E-state index contributed by atoms with van der Waals surface area (Å²) in [5, 5.41) is 10.6. The van der Waals surface area contributed by atoms with Gasteiger partial charge in [0, 0.05) is 35.9 Å². The van der Waals surface area contributed by atoms with Crippen molar-refractivity contribution in [2.75, 3.05) is 23.8 Å². The van der Waals surface area contributed by atoms with Crippen molar-refractivity contribution in [2.24, 2.45) is 0 Å². The average Bonchev–Trinajstić information content (AvgIpc) is 3.39. The van der Waals surface area contributed by atoms with Gasteiger partial charge in [-0.3, -0.25) is 14.2 Å². The Hall–Kier alpha value is -4.17. The van der Waals surface area contributed by atoms with E-state index in [1.165, 1.54) is 41.2 Å². The summed E-state index contributed by atoms with van der Waals surface area (Å²) in [5.41, 5.74) is 0.308. The van der Waals surface area contributed by atoms with Gasteiger partial charge in [-0.25, -0.2) is 9.97 Å². The van der Waals surface area contributed by atoms with Crippen LogP contribution in [0.2, 0.25) is 0 Å². The molecule has 4 aromatic rings. The Balaban J connectivity index is 1.17. The molecule has 0 spiro atoms. The van der Waals surface area contributed by atoms with Gasteiger partial charge in [-0.05, 0) is 49.6 Å². The summed E-state index contributed by atoms with van der Waals surface area (Å²) in [7, 11) is -3.90. The van der Waals surface area contributed by atoms with E-state index >= 15 is 0 Å². The number of amides is 1. The third-order valence-corrected chi connectivity index (χ3v) is 7.94. The van der Waals surface area contributed by atoms with Crippen molar-refractivity contribution in [2.45, 2.75) is 42.7 Å². The summed E-state index contributed by atoms with van der Waals surface area (Å²) < 4.78 is 33.2. The van der Waals surface area contributed by atoms with Gasteiger partial charge >= 0.3 is 0 Å². The molecule has 3 aromatic heterocycles. The van der Waals surface area contributed by atoms with Gasteiger partial charge in [-0.15, -0.1) is 9.19 Å². The number of nitrogens with zero attached hydrogens (tertiary/aromatic N) is 6. The van der Waals surface area contributed by atoms with E-state index in [0.29, 0.717) is 41.7 Å². The van der Waals surface area contributed by atoms with Crippen LogP contribution in [-0.2, 0) is 26.1 Å². The zero-order valence-corrected chi connectivity index (χ0v) is 21.0. The van der Waals surface area contributed by atoms with Crippen molar-refractivity contribution in [3.05, 3.63) is 65.1 Å². The van der Waals surface area contributed by atoms with Crippen LogP contribution in [0.5, 0.6) is 0 Å². The molecule has 13 nitrogen and oxygen atoms in total. The Morgan fingerprint density at radius 2 is 1.89 bits per heavy atom. The highest BCUT2D eigenvalue weighted by Gasteiger charge is 2.29. The number of benzene rings is 1. The fraction of sp³-hybridized carbons (Fsp3) is 0.333. The second-order valence-corrected chi connectivity index (χ2v) is 11.1. The van der Waals surface area contributed by atoms with Gasteiger partial charge in [-0.2, -0.15) is 13.4 Å². The average molecular weight is 537 g/mol. The number of pyridine rings is 1. The number of carbonyl (C=O) groups is 1. The monoisotopic (exact) mass is 536 g/mol. The molecule has 1 aliphatic carbocycles. The van der Waals surface area contributed by atoms with Gasteiger partial charge in [0.25, 0.3) is 15.6 Å². The fourth-order valence-electron chi connectivity index (χ4n) is 4.19. The lowest BCUT2D eigenvalue weighted by molar-refractivity contribution is -0.116. The van der Waals surface area contributed by atoms with Crippen LogP contribution in [0, 0.1) is 0 Å². The Bertz CT molecular complexity index is 1670. The summed E-state index contributed by atoms with van der Waals surface area (Å²) in [6, 6.07) is 8.76. The molecule has 1 aliphatic heterocycles. The van der Waals surface area contributed by atoms with Gasteiger partial charge < -0.3 is 15.4 Å². The molecule has 4 heterocycles. The maximum Gasteiger partial charge on any atom is 0.284 e. The van der Waals surface area contributed by atoms with Crippen LogP contribution in [-0.4, -0.2) is 62.3 Å². The molecule has 14 heteroatoms. The molecule has 0 radical (unpaired) electrons. The fourth-order valence-corrected chi connectivity index (χ4v) is 5.25. The summed E-state index contributed by atoms with van der Waals surface area (Å²) in [6.45, 7) is 0.915. The molecule has 6 rings (SSSR count). The second-order valence-electron chi connectivity index (χ2n) is 9.26. The first-order chi connectivity index (χ1) is 18.4. The van der Waals surface area contributed by atoms with Crippen LogP contribution in [0.4, 0.5) is 11.6 Å². The molecule has 196 valence electrons. The third kappa shape index (κ3) is 4.87. The maximum atomic E-state index is 12.9. The van der Waals surface area contributed by atoms with Crippen molar-refractivity contribution in [1.29, 1.82) is 0 Å². The molecule has 2 fully saturated rings. The number of ether oxygens (including phenoxy) is 1. The highest BCUT2D eigenvalue weighted by Crippen LogP contribution is 2.37. The molecule has 1 saturated heterocycles. The van der Waals surface area contributed by atoms with Gasteiger partial charge in [0.15, 0.2) is 5.82 Å². The second kappa shape index (κ2) is 9.61. The number of aromatic nitrogens is 6. The zero-order valence-electron chi connectivity index (χ0n) is 20.1. The van der Waals surface area contributed by atoms with Crippen LogP contribution in [0.25, 0.3) is 11.0 Å². The SMILES string of the molecule is O=C(Cn1c(=O)ccc2cnc(NC3CCOC3)nc21)Nc1ccc(S(=O)(=O)n2cnc(C3CC3)n2)cc1. The lowest BCUT2D eigenvalue weighted by Crippen LogP contribution is -2.28. The number of nitrogens with one attached hydrogen (secondary N) is 2. The molecule has 2 aliphatic rings. The Labute approximate surface area is 216 Å². The molecule has 1 saturated carbocycles. The highest BCUT2D eigenvalue weighted by molar-refractivity contribution is 7.89. The van der Waals surface area contributed by atoms with Gasteiger partial charge in [0.05, 0.1) is 17.5 Å². The molecule has 1 atom stereocenters. The van der Waals surface area contributed by atoms with E-state index in [9.17, 15) is 18.0 Å². The lowest BCUT2D eigenvalue weighted by atomic mass is 10.3. The van der Waals surface area contributed by atoms with Crippen molar-refractivity contribution in [3.63, 3.8) is 0 Å². The third-order valence-electron chi connectivity index (χ3n) is 6.40. The lowest BCUT2D eigenvalue weighted by Gasteiger charge is -2.13. The summed E-state index contributed by atoms with van der Waals surface area (Å²) >= 11 is 0. The molecule has 38 heavy (non-hydrogen) atoms. The van der Waals surface area contributed by atoms with Crippen molar-refractivity contribution >= 4 is 38.6 Å². The van der Waals surface area contributed by atoms with Crippen LogP contribution in [0.15, 0.2) is 58.6 Å². The Kier molecular flexibility index (Phi) is 6.12. The van der Waals surface area contributed by atoms with Crippen LogP contribution in [0.1, 0.15) is 31.0 Å². The molecule has 2 N–H and O–H groups in total. The molecule has 1 amide bonds. The Morgan fingerprint density at radius 3 is 2.63 bits per heavy atom. The smallest absolute Gasteiger partial charge is 0.284 e. The molecular weight excluding hydrogens is 512 g/mol. The van der Waals surface area contributed by atoms with E-state index in [-0.39, 0.29) is 29.0 Å². The quantitative estimate of drug-likeness (QED) is 0.336. The summed E-state index contributed by atoms with van der Waals surface area (Å²) in [6.07, 6.45) is 5.54. The van der Waals surface area contributed by atoms with E-state index < -0.39 is 15.9 Å². The first-order valence-electron chi connectivity index (χ1n) is 12.1. The van der Waals surface area contributed by atoms with Crippen molar-refractivity contribution in [1.82, 2.24) is 28.7 Å². The minimum Gasteiger partial charge on any atom is -0.379 e. The normalized spacial score (nSPS) is 17.5. The van der Waals surface area contributed by atoms with Gasteiger partial charge in [0.2, 0.25) is 11.9 Å². The van der Waals surface area contributed by atoms with Gasteiger partial charge in [-0.1, -0.05) is 0 Å². The molecular formula is C24H24N8O5S. The van der Waals surface area contributed by atoms with E-state index in [4.69, 9.17) is 4.74 Å². The van der Waals surface area contributed by atoms with Gasteiger partial charge in [0.1, 0.15) is 18.5 Å². The minimum absolute atomic E-state index is 0.0115. The van der Waals surface area contributed by atoms with Crippen LogP contribution >= 0.6 is 0 Å². The molecule has 0 bridgehead atoms.